The third kappa shape index (κ3) is 5.50. The third-order valence-electron chi connectivity index (χ3n) is 5.17. The molecule has 1 unspecified atom stereocenters. The minimum absolute atomic E-state index is 0.0700. The fourth-order valence-corrected chi connectivity index (χ4v) is 5.10. The van der Waals surface area contributed by atoms with Gasteiger partial charge >= 0.3 is 12.1 Å². The van der Waals surface area contributed by atoms with Crippen LogP contribution in [0.5, 0.6) is 0 Å². The zero-order valence-corrected chi connectivity index (χ0v) is 19.6. The minimum atomic E-state index is -1.12. The first-order valence-electron chi connectivity index (χ1n) is 9.88. The van der Waals surface area contributed by atoms with Gasteiger partial charge in [-0.2, -0.15) is 0 Å². The number of halogens is 2. The van der Waals surface area contributed by atoms with E-state index >= 15 is 0 Å². The molecule has 2 aliphatic rings. The van der Waals surface area contributed by atoms with Crippen molar-refractivity contribution in [3.8, 4) is 0 Å². The van der Waals surface area contributed by atoms with Gasteiger partial charge in [0, 0.05) is 21.1 Å². The molecule has 30 heavy (non-hydrogen) atoms. The Morgan fingerprint density at radius 3 is 2.57 bits per heavy atom. The molecule has 1 amide bonds. The van der Waals surface area contributed by atoms with Crippen LogP contribution in [0.25, 0.3) is 0 Å². The maximum Gasteiger partial charge on any atom is 0.410 e. The normalized spacial score (nSPS) is 21.9. The van der Waals surface area contributed by atoms with E-state index in [2.05, 4.69) is 43.8 Å². The Kier molecular flexibility index (Phi) is 8.07. The van der Waals surface area contributed by atoms with Crippen LogP contribution < -0.4 is 5.32 Å². The predicted octanol–water partition coefficient (Wildman–Crippen LogP) is 3.90. The number of ether oxygens (including phenoxy) is 2. The summed E-state index contributed by atoms with van der Waals surface area (Å²) in [6, 6.07) is 4.19. The van der Waals surface area contributed by atoms with Crippen LogP contribution in [0.4, 0.5) is 4.79 Å². The van der Waals surface area contributed by atoms with Crippen molar-refractivity contribution >= 4 is 49.7 Å². The van der Waals surface area contributed by atoms with Crippen LogP contribution in [0.1, 0.15) is 37.4 Å². The first-order chi connectivity index (χ1) is 14.4. The smallest absolute Gasteiger partial charge is 0.410 e. The molecular formula is C21H24Br2N2O5. The zero-order chi connectivity index (χ0) is 21.7. The lowest BCUT2D eigenvalue weighted by molar-refractivity contribution is -0.158. The number of nitrogens with zero attached hydrogens (tertiary/aromatic N) is 1. The standard InChI is InChI=1S/C21H24Br2N2O5/c1-2-9-29-21(28)25-8-4-6-17(25)18(26)19(13-10-14(22)12-15(23)11-13)30-20(27)16-5-3-7-24-16/h2,10-12,16-17,19,24H,1,3-9H2/t16?,17-,19+/m0/s1. The molecule has 0 aliphatic carbocycles. The summed E-state index contributed by atoms with van der Waals surface area (Å²) < 4.78 is 12.3. The van der Waals surface area contributed by atoms with Gasteiger partial charge in [0.25, 0.3) is 0 Å². The highest BCUT2D eigenvalue weighted by molar-refractivity contribution is 9.11. The molecule has 0 aromatic heterocycles. The summed E-state index contributed by atoms with van der Waals surface area (Å²) in [6.07, 6.45) is 2.51. The number of carbonyl (C=O) groups is 3. The Hall–Kier alpha value is -1.71. The second-order valence-corrected chi connectivity index (χ2v) is 9.12. The van der Waals surface area contributed by atoms with Crippen molar-refractivity contribution in [2.24, 2.45) is 0 Å². The number of hydrogen-bond acceptors (Lipinski definition) is 6. The topological polar surface area (TPSA) is 84.9 Å². The van der Waals surface area contributed by atoms with Gasteiger partial charge in [0.05, 0.1) is 6.04 Å². The molecule has 1 N–H and O–H groups in total. The molecule has 162 valence electrons. The first-order valence-corrected chi connectivity index (χ1v) is 11.5. The van der Waals surface area contributed by atoms with Crippen molar-refractivity contribution in [3.63, 3.8) is 0 Å². The van der Waals surface area contributed by atoms with Crippen molar-refractivity contribution in [1.82, 2.24) is 10.2 Å². The van der Waals surface area contributed by atoms with Crippen LogP contribution in [0.3, 0.4) is 0 Å². The highest BCUT2D eigenvalue weighted by Crippen LogP contribution is 2.32. The van der Waals surface area contributed by atoms with Gasteiger partial charge in [0.15, 0.2) is 6.10 Å². The molecule has 2 saturated heterocycles. The molecule has 9 heteroatoms. The summed E-state index contributed by atoms with van der Waals surface area (Å²) in [4.78, 5) is 40.0. The number of esters is 1. The lowest BCUT2D eigenvalue weighted by Gasteiger charge is -2.27. The Labute approximate surface area is 192 Å². The van der Waals surface area contributed by atoms with Gasteiger partial charge in [-0.1, -0.05) is 44.5 Å². The second-order valence-electron chi connectivity index (χ2n) is 7.29. The maximum absolute atomic E-state index is 13.5. The van der Waals surface area contributed by atoms with E-state index in [4.69, 9.17) is 9.47 Å². The highest BCUT2D eigenvalue weighted by atomic mass is 79.9. The Bertz CT molecular complexity index is 805. The molecule has 0 spiro atoms. The van der Waals surface area contributed by atoms with E-state index in [9.17, 15) is 14.4 Å². The minimum Gasteiger partial charge on any atom is -0.448 e. The molecule has 1 aromatic rings. The number of nitrogens with one attached hydrogen (secondary N) is 1. The SMILES string of the molecule is C=CCOC(=O)N1CCC[C@H]1C(=O)[C@H](OC(=O)C1CCCN1)c1cc(Br)cc(Br)c1. The van der Waals surface area contributed by atoms with Crippen molar-refractivity contribution in [2.75, 3.05) is 19.7 Å². The van der Waals surface area contributed by atoms with Crippen LogP contribution in [-0.2, 0) is 19.1 Å². The summed E-state index contributed by atoms with van der Waals surface area (Å²) in [7, 11) is 0. The summed E-state index contributed by atoms with van der Waals surface area (Å²) in [5.74, 6) is -0.792. The van der Waals surface area contributed by atoms with E-state index in [1.54, 1.807) is 12.1 Å². The van der Waals surface area contributed by atoms with Gasteiger partial charge in [-0.15, -0.1) is 0 Å². The summed E-state index contributed by atoms with van der Waals surface area (Å²) >= 11 is 6.84. The maximum atomic E-state index is 13.5. The van der Waals surface area contributed by atoms with Crippen LogP contribution in [0, 0.1) is 0 Å². The van der Waals surface area contributed by atoms with Crippen molar-refractivity contribution < 1.29 is 23.9 Å². The molecule has 2 aliphatic heterocycles. The average Bonchev–Trinajstić information content (AvgIpc) is 3.40. The highest BCUT2D eigenvalue weighted by Gasteiger charge is 2.41. The Balaban J connectivity index is 1.86. The van der Waals surface area contributed by atoms with Crippen LogP contribution in [0.15, 0.2) is 39.8 Å². The first kappa shape index (κ1) is 23.0. The molecule has 2 heterocycles. The fraction of sp³-hybridized carbons (Fsp3) is 0.476. The number of rotatable bonds is 7. The number of benzene rings is 1. The van der Waals surface area contributed by atoms with E-state index in [1.165, 1.54) is 11.0 Å². The van der Waals surface area contributed by atoms with Crippen molar-refractivity contribution in [1.29, 1.82) is 0 Å². The molecule has 3 atom stereocenters. The van der Waals surface area contributed by atoms with Gasteiger partial charge in [-0.05, 0) is 50.4 Å². The van der Waals surface area contributed by atoms with Gasteiger partial charge in [0.2, 0.25) is 5.78 Å². The summed E-state index contributed by atoms with van der Waals surface area (Å²) in [5, 5.41) is 3.10. The molecule has 0 radical (unpaired) electrons. The average molecular weight is 544 g/mol. The Morgan fingerprint density at radius 1 is 1.20 bits per heavy atom. The van der Waals surface area contributed by atoms with E-state index in [0.717, 1.165) is 21.9 Å². The number of hydrogen-bond donors (Lipinski definition) is 1. The van der Waals surface area contributed by atoms with E-state index in [-0.39, 0.29) is 12.4 Å². The van der Waals surface area contributed by atoms with Gasteiger partial charge < -0.3 is 14.8 Å². The van der Waals surface area contributed by atoms with Gasteiger partial charge in [-0.25, -0.2) is 4.79 Å². The van der Waals surface area contributed by atoms with Crippen LogP contribution in [0.2, 0.25) is 0 Å². The number of amides is 1. The monoisotopic (exact) mass is 542 g/mol. The molecular weight excluding hydrogens is 520 g/mol. The lowest BCUT2D eigenvalue weighted by atomic mass is 9.98. The second kappa shape index (κ2) is 10.5. The van der Waals surface area contributed by atoms with Crippen LogP contribution >= 0.6 is 31.9 Å². The van der Waals surface area contributed by atoms with E-state index in [1.807, 2.05) is 6.07 Å². The molecule has 0 saturated carbocycles. The number of Topliss-reactive ketones (excluding diaryl/α,β-unsaturated/α-hetero) is 1. The molecule has 0 bridgehead atoms. The van der Waals surface area contributed by atoms with E-state index < -0.39 is 30.3 Å². The predicted molar refractivity (Wildman–Crippen MR) is 118 cm³/mol. The fourth-order valence-electron chi connectivity index (χ4n) is 3.77. The summed E-state index contributed by atoms with van der Waals surface area (Å²) in [5.41, 5.74) is 0.541. The Morgan fingerprint density at radius 2 is 1.93 bits per heavy atom. The number of ketones is 1. The lowest BCUT2D eigenvalue weighted by Crippen LogP contribution is -2.44. The third-order valence-corrected chi connectivity index (χ3v) is 6.08. The van der Waals surface area contributed by atoms with E-state index in [0.29, 0.717) is 31.4 Å². The van der Waals surface area contributed by atoms with Crippen molar-refractivity contribution in [3.05, 3.63) is 45.4 Å². The number of carbonyl (C=O) groups excluding carboxylic acids is 3. The summed E-state index contributed by atoms with van der Waals surface area (Å²) in [6.45, 7) is 4.76. The molecule has 1 aromatic carbocycles. The molecule has 3 rings (SSSR count). The zero-order valence-electron chi connectivity index (χ0n) is 16.4. The molecule has 2 fully saturated rings. The molecule has 7 nitrogen and oxygen atoms in total. The van der Waals surface area contributed by atoms with Crippen LogP contribution in [-0.4, -0.2) is 54.5 Å². The quantitative estimate of drug-likeness (QED) is 0.414. The van der Waals surface area contributed by atoms with Gasteiger partial charge in [-0.3, -0.25) is 14.5 Å². The number of likely N-dealkylation sites (tertiary alicyclic amines) is 1. The van der Waals surface area contributed by atoms with Crippen molar-refractivity contribution in [2.45, 2.75) is 43.9 Å². The largest absolute Gasteiger partial charge is 0.448 e. The van der Waals surface area contributed by atoms with Gasteiger partial charge in [0.1, 0.15) is 12.6 Å².